The van der Waals surface area contributed by atoms with E-state index < -0.39 is 11.0 Å². The van der Waals surface area contributed by atoms with Gasteiger partial charge in [-0.15, -0.1) is 0 Å². The minimum Gasteiger partial charge on any atom is -0.449 e. The fraction of sp³-hybridized carbons (Fsp3) is 0.143. The molecule has 20 heavy (non-hydrogen) atoms. The van der Waals surface area contributed by atoms with Crippen molar-refractivity contribution in [3.63, 3.8) is 0 Å². The van der Waals surface area contributed by atoms with Gasteiger partial charge in [-0.3, -0.25) is 10.1 Å². The third-order valence-corrected chi connectivity index (χ3v) is 3.34. The van der Waals surface area contributed by atoms with E-state index in [2.05, 4.69) is 15.9 Å². The zero-order valence-corrected chi connectivity index (χ0v) is 12.2. The molecule has 0 amide bonds. The molecule has 2 aromatic carbocycles. The van der Waals surface area contributed by atoms with Crippen molar-refractivity contribution in [1.82, 2.24) is 0 Å². The molecule has 104 valence electrons. The highest BCUT2D eigenvalue weighted by molar-refractivity contribution is 9.10. The van der Waals surface area contributed by atoms with Gasteiger partial charge in [-0.25, -0.2) is 0 Å². The summed E-state index contributed by atoms with van der Waals surface area (Å²) in [5.41, 5.74) is 0.630. The number of nitrogens with zero attached hydrogens (tertiary/aromatic N) is 1. The lowest BCUT2D eigenvalue weighted by Crippen LogP contribution is -1.95. The van der Waals surface area contributed by atoms with Gasteiger partial charge in [0.15, 0.2) is 0 Å². The third-order valence-electron chi connectivity index (χ3n) is 2.72. The van der Waals surface area contributed by atoms with Crippen LogP contribution in [0.25, 0.3) is 0 Å². The largest absolute Gasteiger partial charge is 0.449 e. The molecule has 0 fully saturated rings. The predicted octanol–water partition coefficient (Wildman–Crippen LogP) is 4.20. The molecule has 0 saturated heterocycles. The molecule has 0 spiro atoms. The van der Waals surface area contributed by atoms with Crippen molar-refractivity contribution in [1.29, 1.82) is 0 Å². The molecule has 2 aromatic rings. The van der Waals surface area contributed by atoms with Crippen LogP contribution in [0.4, 0.5) is 5.69 Å². The number of nitro benzene ring substituents is 1. The Bertz CT molecular complexity index is 643. The van der Waals surface area contributed by atoms with Gasteiger partial charge >= 0.3 is 5.69 Å². The number of benzene rings is 2. The smallest absolute Gasteiger partial charge is 0.311 e. The van der Waals surface area contributed by atoms with E-state index in [4.69, 9.17) is 4.74 Å². The number of halogens is 1. The molecule has 0 bridgehead atoms. The van der Waals surface area contributed by atoms with Gasteiger partial charge in [0.05, 0.1) is 15.5 Å². The number of hydrogen-bond acceptors (Lipinski definition) is 4. The molecule has 0 heterocycles. The Morgan fingerprint density at radius 1 is 1.25 bits per heavy atom. The molecule has 0 aromatic heterocycles. The van der Waals surface area contributed by atoms with Gasteiger partial charge in [-0.1, -0.05) is 18.2 Å². The highest BCUT2D eigenvalue weighted by Crippen LogP contribution is 2.35. The van der Waals surface area contributed by atoms with E-state index in [9.17, 15) is 15.2 Å². The average molecular weight is 338 g/mol. The summed E-state index contributed by atoms with van der Waals surface area (Å²) < 4.78 is 6.19. The van der Waals surface area contributed by atoms with Crippen LogP contribution >= 0.6 is 15.9 Å². The molecule has 6 heteroatoms. The van der Waals surface area contributed by atoms with Crippen molar-refractivity contribution in [3.05, 3.63) is 62.6 Å². The Kier molecular flexibility index (Phi) is 4.36. The first-order valence-electron chi connectivity index (χ1n) is 5.88. The second-order valence-corrected chi connectivity index (χ2v) is 5.05. The van der Waals surface area contributed by atoms with Crippen LogP contribution in [-0.4, -0.2) is 10.0 Å². The Hall–Kier alpha value is -1.92. The normalized spacial score (nSPS) is 11.9. The summed E-state index contributed by atoms with van der Waals surface area (Å²) in [5, 5.41) is 20.4. The van der Waals surface area contributed by atoms with Crippen LogP contribution in [0.15, 0.2) is 46.9 Å². The van der Waals surface area contributed by atoms with Crippen molar-refractivity contribution in [3.8, 4) is 11.5 Å². The van der Waals surface area contributed by atoms with E-state index >= 15 is 0 Å². The molecule has 0 aliphatic carbocycles. The second-order valence-electron chi connectivity index (χ2n) is 4.19. The maximum absolute atomic E-state index is 10.9. The van der Waals surface area contributed by atoms with E-state index in [0.717, 1.165) is 5.56 Å². The van der Waals surface area contributed by atoms with Crippen LogP contribution in [0.3, 0.4) is 0 Å². The van der Waals surface area contributed by atoms with Gasteiger partial charge in [-0.05, 0) is 46.6 Å². The van der Waals surface area contributed by atoms with Gasteiger partial charge in [0, 0.05) is 6.07 Å². The van der Waals surface area contributed by atoms with Crippen LogP contribution in [-0.2, 0) is 0 Å². The van der Waals surface area contributed by atoms with Crippen molar-refractivity contribution >= 4 is 21.6 Å². The number of rotatable bonds is 4. The summed E-state index contributed by atoms with van der Waals surface area (Å²) in [6.07, 6.45) is -0.591. The maximum Gasteiger partial charge on any atom is 0.311 e. The number of para-hydroxylation sites is 2. The van der Waals surface area contributed by atoms with Gasteiger partial charge in [0.2, 0.25) is 5.75 Å². The lowest BCUT2D eigenvalue weighted by atomic mass is 10.1. The molecule has 0 saturated carbocycles. The lowest BCUT2D eigenvalue weighted by molar-refractivity contribution is -0.385. The molecule has 2 rings (SSSR count). The predicted molar refractivity (Wildman–Crippen MR) is 77.9 cm³/mol. The van der Waals surface area contributed by atoms with Gasteiger partial charge in [0.25, 0.3) is 0 Å². The monoisotopic (exact) mass is 337 g/mol. The maximum atomic E-state index is 10.9. The van der Waals surface area contributed by atoms with Crippen LogP contribution < -0.4 is 4.74 Å². The van der Waals surface area contributed by atoms with Crippen LogP contribution in [0, 0.1) is 10.1 Å². The first kappa shape index (κ1) is 14.5. The quantitative estimate of drug-likeness (QED) is 0.670. The number of nitro groups is 1. The zero-order chi connectivity index (χ0) is 14.7. The third kappa shape index (κ3) is 3.15. The van der Waals surface area contributed by atoms with Gasteiger partial charge < -0.3 is 9.84 Å². The highest BCUT2D eigenvalue weighted by Gasteiger charge is 2.16. The summed E-state index contributed by atoms with van der Waals surface area (Å²) in [6.45, 7) is 1.66. The van der Waals surface area contributed by atoms with E-state index in [1.807, 2.05) is 0 Å². The van der Waals surface area contributed by atoms with Crippen molar-refractivity contribution in [2.75, 3.05) is 0 Å². The van der Waals surface area contributed by atoms with Crippen LogP contribution in [0.5, 0.6) is 11.5 Å². The van der Waals surface area contributed by atoms with E-state index in [1.165, 1.54) is 12.1 Å². The topological polar surface area (TPSA) is 72.6 Å². The Morgan fingerprint density at radius 2 is 1.95 bits per heavy atom. The molecule has 1 unspecified atom stereocenters. The van der Waals surface area contributed by atoms with E-state index in [0.29, 0.717) is 10.2 Å². The SMILES string of the molecule is CC(O)c1ccc(Oc2ccccc2[N+](=O)[O-])c(Br)c1. The number of ether oxygens (including phenoxy) is 1. The molecule has 0 radical (unpaired) electrons. The van der Waals surface area contributed by atoms with Gasteiger partial charge in [-0.2, -0.15) is 0 Å². The minimum absolute atomic E-state index is 0.0981. The summed E-state index contributed by atoms with van der Waals surface area (Å²) >= 11 is 3.33. The van der Waals surface area contributed by atoms with Crippen LogP contribution in [0.1, 0.15) is 18.6 Å². The first-order chi connectivity index (χ1) is 9.49. The van der Waals surface area contributed by atoms with Crippen LogP contribution in [0.2, 0.25) is 0 Å². The Balaban J connectivity index is 2.33. The van der Waals surface area contributed by atoms with Crippen molar-refractivity contribution in [2.45, 2.75) is 13.0 Å². The van der Waals surface area contributed by atoms with Crippen molar-refractivity contribution < 1.29 is 14.8 Å². The fourth-order valence-electron chi connectivity index (χ4n) is 1.67. The van der Waals surface area contributed by atoms with E-state index in [1.54, 1.807) is 37.3 Å². The second kappa shape index (κ2) is 6.02. The molecule has 1 atom stereocenters. The number of hydrogen-bond donors (Lipinski definition) is 1. The Labute approximate surface area is 124 Å². The van der Waals surface area contributed by atoms with E-state index in [-0.39, 0.29) is 11.4 Å². The summed E-state index contributed by atoms with van der Waals surface area (Å²) in [6, 6.07) is 11.2. The summed E-state index contributed by atoms with van der Waals surface area (Å²) in [5.74, 6) is 0.617. The molecule has 0 aliphatic rings. The summed E-state index contributed by atoms with van der Waals surface area (Å²) in [4.78, 5) is 10.4. The summed E-state index contributed by atoms with van der Waals surface area (Å²) in [7, 11) is 0. The van der Waals surface area contributed by atoms with Crippen molar-refractivity contribution in [2.24, 2.45) is 0 Å². The standard InChI is InChI=1S/C14H12BrNO4/c1-9(17)10-6-7-13(11(15)8-10)20-14-5-3-2-4-12(14)16(18)19/h2-9,17H,1H3. The highest BCUT2D eigenvalue weighted by atomic mass is 79.9. The molecular formula is C14H12BrNO4. The Morgan fingerprint density at radius 3 is 2.55 bits per heavy atom. The molecule has 0 aliphatic heterocycles. The molecule has 1 N–H and O–H groups in total. The molecular weight excluding hydrogens is 326 g/mol. The zero-order valence-electron chi connectivity index (χ0n) is 10.6. The minimum atomic E-state index is -0.591. The lowest BCUT2D eigenvalue weighted by Gasteiger charge is -2.10. The average Bonchev–Trinajstić information content (AvgIpc) is 2.41. The number of aliphatic hydroxyl groups excluding tert-OH is 1. The first-order valence-corrected chi connectivity index (χ1v) is 6.67. The molecule has 5 nitrogen and oxygen atoms in total. The fourth-order valence-corrected chi connectivity index (χ4v) is 2.15. The van der Waals surface area contributed by atoms with Gasteiger partial charge in [0.1, 0.15) is 5.75 Å². The number of aliphatic hydroxyl groups is 1.